The summed E-state index contributed by atoms with van der Waals surface area (Å²) < 4.78 is 16.1. The average molecular weight is 404 g/mol. The number of anilines is 2. The highest BCUT2D eigenvalue weighted by molar-refractivity contribution is 7.74. The number of aromatic hydroxyl groups is 1. The maximum atomic E-state index is 9.01. The lowest BCUT2D eigenvalue weighted by molar-refractivity contribution is 0.00605. The number of phenolic OH excluding ortho intramolecular Hbond substituents is 1. The first-order valence-corrected chi connectivity index (χ1v) is 10.2. The molecule has 0 aliphatic rings. The Morgan fingerprint density at radius 1 is 1.11 bits per heavy atom. The first-order chi connectivity index (χ1) is 13.2. The highest BCUT2D eigenvalue weighted by Crippen LogP contribution is 2.35. The number of rotatable bonds is 8. The van der Waals surface area contributed by atoms with Crippen molar-refractivity contribution in [2.75, 3.05) is 25.2 Å². The van der Waals surface area contributed by atoms with Crippen molar-refractivity contribution < 1.29 is 18.9 Å². The van der Waals surface area contributed by atoms with Gasteiger partial charge in [-0.25, -0.2) is 0 Å². The summed E-state index contributed by atoms with van der Waals surface area (Å²) in [5, 5.41) is 9.01. The molecule has 1 atom stereocenters. The molecule has 5 N–H and O–H groups in total. The number of benzene rings is 2. The van der Waals surface area contributed by atoms with Gasteiger partial charge in [0.25, 0.3) is 0 Å². The predicted octanol–water partition coefficient (Wildman–Crippen LogP) is 4.41. The van der Waals surface area contributed by atoms with E-state index in [2.05, 4.69) is 0 Å². The van der Waals surface area contributed by atoms with Crippen LogP contribution < -0.4 is 16.0 Å². The van der Waals surface area contributed by atoms with E-state index >= 15 is 0 Å². The fraction of sp³-hybridized carbons (Fsp3) is 0.400. The smallest absolute Gasteiger partial charge is 0.208 e. The Morgan fingerprint density at radius 3 is 2.29 bits per heavy atom. The molecule has 0 fully saturated rings. The lowest BCUT2D eigenvalue weighted by atomic mass is 10.1. The second kappa shape index (κ2) is 11.8. The van der Waals surface area contributed by atoms with Gasteiger partial charge in [0, 0.05) is 12.8 Å². The van der Waals surface area contributed by atoms with Crippen LogP contribution in [-0.2, 0) is 15.7 Å². The van der Waals surface area contributed by atoms with Crippen LogP contribution in [0, 0.1) is 0 Å². The van der Waals surface area contributed by atoms with E-state index in [1.807, 2.05) is 26.8 Å². The molecule has 0 aromatic heterocycles. The first-order valence-electron chi connectivity index (χ1n) is 9.00. The minimum Gasteiger partial charge on any atom is -0.506 e. The summed E-state index contributed by atoms with van der Waals surface area (Å²) in [6.07, 6.45) is 1.70. The largest absolute Gasteiger partial charge is 0.506 e. The number of nitrogens with two attached hydrogens (primary N) is 2. The van der Waals surface area contributed by atoms with Crippen molar-refractivity contribution in [3.05, 3.63) is 48.0 Å². The van der Waals surface area contributed by atoms with E-state index in [-0.39, 0.29) is 11.4 Å². The first kappa shape index (κ1) is 24.1. The molecule has 0 aliphatic carbocycles. The van der Waals surface area contributed by atoms with E-state index in [0.29, 0.717) is 23.7 Å². The zero-order chi connectivity index (χ0) is 21.2. The lowest BCUT2D eigenvalue weighted by Gasteiger charge is -2.23. The molecule has 0 aliphatic heterocycles. The molecule has 8 heteroatoms. The van der Waals surface area contributed by atoms with Crippen LogP contribution in [0.2, 0.25) is 0 Å². The van der Waals surface area contributed by atoms with Crippen molar-refractivity contribution in [3.63, 3.8) is 0 Å². The molecule has 2 aromatic rings. The highest BCUT2D eigenvalue weighted by Gasteiger charge is 2.16. The minimum absolute atomic E-state index is 0.164. The van der Waals surface area contributed by atoms with Gasteiger partial charge in [0.15, 0.2) is 8.25 Å². The van der Waals surface area contributed by atoms with E-state index in [1.54, 1.807) is 43.5 Å². The Labute approximate surface area is 170 Å². The summed E-state index contributed by atoms with van der Waals surface area (Å²) in [6.45, 7) is 6.54. The van der Waals surface area contributed by atoms with Crippen molar-refractivity contribution in [1.82, 2.24) is 0 Å². The Morgan fingerprint density at radius 2 is 1.75 bits per heavy atom. The van der Waals surface area contributed by atoms with Crippen molar-refractivity contribution in [2.45, 2.75) is 39.2 Å². The Hall–Kier alpha value is -1.95. The molecular weight excluding hydrogens is 374 g/mol. The van der Waals surface area contributed by atoms with Crippen LogP contribution in [0.25, 0.3) is 0 Å². The molecular formula is C20H30BN2O4P. The van der Waals surface area contributed by atoms with Gasteiger partial charge in [0.2, 0.25) is 7.57 Å². The molecule has 2 rings (SSSR count). The number of nitrogen functional groups attached to an aromatic ring is 2. The van der Waals surface area contributed by atoms with Gasteiger partial charge < -0.3 is 30.4 Å². The Bertz CT molecular complexity index is 714. The molecule has 2 radical (unpaired) electrons. The van der Waals surface area contributed by atoms with Gasteiger partial charge in [-0.2, -0.15) is 0 Å². The molecule has 0 heterocycles. The van der Waals surface area contributed by atoms with Gasteiger partial charge in [0.1, 0.15) is 11.5 Å². The number of phenols is 1. The van der Waals surface area contributed by atoms with Crippen LogP contribution in [0.1, 0.15) is 32.8 Å². The van der Waals surface area contributed by atoms with E-state index in [1.165, 1.54) is 0 Å². The summed E-state index contributed by atoms with van der Waals surface area (Å²) in [4.78, 5) is 0. The molecule has 6 nitrogen and oxygen atoms in total. The van der Waals surface area contributed by atoms with Crippen LogP contribution >= 0.6 is 8.25 Å². The van der Waals surface area contributed by atoms with Crippen molar-refractivity contribution in [3.8, 4) is 11.5 Å². The zero-order valence-corrected chi connectivity index (χ0v) is 17.9. The second-order valence-electron chi connectivity index (χ2n) is 6.74. The van der Waals surface area contributed by atoms with Gasteiger partial charge in [0.05, 0.1) is 17.9 Å². The molecule has 152 valence electrons. The standard InChI is InChI=1S/C12H19BNO3P.C8H11NO/c1-12(2,15-3)8-9-16-18(13)17-11-6-4-10(14)5-7-11;1-2-6-3-4-8(10)7(9)5-6/h4-7H,8-9,14H2,1-3H3;3-5,10H,2,9H2,1H3. The molecule has 0 spiro atoms. The van der Waals surface area contributed by atoms with Crippen LogP contribution in [0.4, 0.5) is 11.4 Å². The number of ether oxygens (including phenoxy) is 1. The molecule has 28 heavy (non-hydrogen) atoms. The number of hydrogen-bond acceptors (Lipinski definition) is 6. The predicted molar refractivity (Wildman–Crippen MR) is 118 cm³/mol. The Balaban J connectivity index is 0.000000330. The molecule has 0 saturated carbocycles. The molecule has 2 aromatic carbocycles. The van der Waals surface area contributed by atoms with Crippen molar-refractivity contribution >= 4 is 27.2 Å². The number of hydrogen-bond donors (Lipinski definition) is 3. The van der Waals surface area contributed by atoms with E-state index < -0.39 is 8.25 Å². The van der Waals surface area contributed by atoms with Gasteiger partial charge in [-0.3, -0.25) is 0 Å². The van der Waals surface area contributed by atoms with Crippen molar-refractivity contribution in [1.29, 1.82) is 0 Å². The quantitative estimate of drug-likeness (QED) is 0.261. The third-order valence-electron chi connectivity index (χ3n) is 4.05. The fourth-order valence-electron chi connectivity index (χ4n) is 1.97. The lowest BCUT2D eigenvalue weighted by Crippen LogP contribution is -2.24. The maximum Gasteiger partial charge on any atom is 0.208 e. The van der Waals surface area contributed by atoms with Crippen LogP contribution in [0.15, 0.2) is 42.5 Å². The topological polar surface area (TPSA) is 100.0 Å². The number of aryl methyl sites for hydroxylation is 1. The SMILES string of the molecule is CCc1ccc(O)c(N)c1.[B]P(OCCC(C)(C)OC)Oc1ccc(N)cc1. The minimum atomic E-state index is -1.42. The van der Waals surface area contributed by atoms with Gasteiger partial charge in [-0.05, 0) is 68.7 Å². The zero-order valence-electron chi connectivity index (χ0n) is 17.0. The van der Waals surface area contributed by atoms with Crippen LogP contribution in [0.3, 0.4) is 0 Å². The van der Waals surface area contributed by atoms with Gasteiger partial charge in [-0.1, -0.05) is 13.0 Å². The van der Waals surface area contributed by atoms with E-state index in [0.717, 1.165) is 18.4 Å². The van der Waals surface area contributed by atoms with E-state index in [9.17, 15) is 0 Å². The van der Waals surface area contributed by atoms with Gasteiger partial charge in [-0.15, -0.1) is 0 Å². The normalized spacial score (nSPS) is 12.0. The third kappa shape index (κ3) is 9.31. The molecule has 1 unspecified atom stereocenters. The van der Waals surface area contributed by atoms with Crippen LogP contribution in [0.5, 0.6) is 11.5 Å². The molecule has 0 bridgehead atoms. The monoisotopic (exact) mass is 404 g/mol. The second-order valence-corrected chi connectivity index (χ2v) is 7.75. The van der Waals surface area contributed by atoms with Gasteiger partial charge >= 0.3 is 0 Å². The van der Waals surface area contributed by atoms with Crippen molar-refractivity contribution in [2.24, 2.45) is 0 Å². The molecule has 0 amide bonds. The average Bonchev–Trinajstić information content (AvgIpc) is 2.66. The molecule has 0 saturated heterocycles. The summed E-state index contributed by atoms with van der Waals surface area (Å²) >= 11 is 0. The maximum absolute atomic E-state index is 9.01. The van der Waals surface area contributed by atoms with Crippen LogP contribution in [-0.4, -0.2) is 32.0 Å². The summed E-state index contributed by atoms with van der Waals surface area (Å²) in [7, 11) is 6.02. The Kier molecular flexibility index (Phi) is 10.2. The summed E-state index contributed by atoms with van der Waals surface area (Å²) in [5.74, 6) is 0.820. The third-order valence-corrected chi connectivity index (χ3v) is 4.88. The fourth-order valence-corrected chi connectivity index (χ4v) is 2.62. The summed E-state index contributed by atoms with van der Waals surface area (Å²) in [5.41, 5.74) is 13.1. The number of methoxy groups -OCH3 is 1. The highest BCUT2D eigenvalue weighted by atomic mass is 31.2. The van der Waals surface area contributed by atoms with E-state index in [4.69, 9.17) is 37.9 Å². The summed E-state index contributed by atoms with van der Waals surface area (Å²) in [6, 6.07) is 12.3.